The average molecular weight is 519 g/mol. The van der Waals surface area contributed by atoms with Crippen molar-refractivity contribution in [1.82, 2.24) is 10.2 Å². The van der Waals surface area contributed by atoms with Gasteiger partial charge in [0.1, 0.15) is 23.3 Å². The fourth-order valence-corrected chi connectivity index (χ4v) is 3.98. The number of nitrogens with zero attached hydrogens (tertiary/aromatic N) is 1. The molecule has 0 aromatic heterocycles. The number of ether oxygens (including phenoxy) is 3. The van der Waals surface area contributed by atoms with E-state index < -0.39 is 6.04 Å². The zero-order valence-electron chi connectivity index (χ0n) is 22.9. The number of benzene rings is 3. The summed E-state index contributed by atoms with van der Waals surface area (Å²) in [5.41, 5.74) is 3.02. The van der Waals surface area contributed by atoms with Crippen molar-refractivity contribution in [3.8, 4) is 17.2 Å². The molecule has 0 saturated carbocycles. The van der Waals surface area contributed by atoms with Gasteiger partial charge in [0.15, 0.2) is 6.61 Å². The second kappa shape index (κ2) is 14.1. The van der Waals surface area contributed by atoms with Crippen LogP contribution in [0.4, 0.5) is 0 Å². The maximum atomic E-state index is 13.7. The van der Waals surface area contributed by atoms with Gasteiger partial charge in [0.25, 0.3) is 5.91 Å². The molecule has 7 heteroatoms. The fourth-order valence-electron chi connectivity index (χ4n) is 3.98. The molecule has 0 saturated heterocycles. The van der Waals surface area contributed by atoms with Gasteiger partial charge in [0.05, 0.1) is 14.2 Å². The van der Waals surface area contributed by atoms with Crippen molar-refractivity contribution in [1.29, 1.82) is 0 Å². The van der Waals surface area contributed by atoms with E-state index in [0.29, 0.717) is 23.7 Å². The molecule has 0 radical (unpaired) electrons. The minimum Gasteiger partial charge on any atom is -0.496 e. The molecule has 2 atom stereocenters. The Morgan fingerprint density at radius 2 is 1.47 bits per heavy atom. The van der Waals surface area contributed by atoms with Crippen molar-refractivity contribution in [2.45, 2.75) is 52.2 Å². The van der Waals surface area contributed by atoms with Gasteiger partial charge in [-0.1, -0.05) is 67.1 Å². The number of carbonyl (C=O) groups excluding carboxylic acids is 2. The Hall–Kier alpha value is -4.00. The molecule has 0 unspecified atom stereocenters. The van der Waals surface area contributed by atoms with Crippen LogP contribution < -0.4 is 19.5 Å². The number of nitrogens with one attached hydrogen (secondary N) is 1. The fraction of sp³-hybridized carbons (Fsp3) is 0.355. The van der Waals surface area contributed by atoms with Crippen LogP contribution in [0, 0.1) is 6.92 Å². The van der Waals surface area contributed by atoms with E-state index >= 15 is 0 Å². The van der Waals surface area contributed by atoms with Gasteiger partial charge in [-0.25, -0.2) is 0 Å². The summed E-state index contributed by atoms with van der Waals surface area (Å²) in [6.07, 6.45) is 1.17. The van der Waals surface area contributed by atoms with Crippen LogP contribution >= 0.6 is 0 Å². The van der Waals surface area contributed by atoms with Gasteiger partial charge in [0, 0.05) is 37.2 Å². The summed E-state index contributed by atoms with van der Waals surface area (Å²) in [4.78, 5) is 28.9. The van der Waals surface area contributed by atoms with Crippen LogP contribution in [0.1, 0.15) is 37.0 Å². The molecule has 3 aromatic carbocycles. The Morgan fingerprint density at radius 1 is 0.868 bits per heavy atom. The number of methoxy groups -OCH3 is 2. The Bertz CT molecular complexity index is 1160. The number of rotatable bonds is 13. The van der Waals surface area contributed by atoms with E-state index in [4.69, 9.17) is 14.2 Å². The summed E-state index contributed by atoms with van der Waals surface area (Å²) in [6.45, 7) is 6.02. The van der Waals surface area contributed by atoms with Crippen LogP contribution in [-0.2, 0) is 22.6 Å². The number of hydrogen-bond donors (Lipinski definition) is 1. The van der Waals surface area contributed by atoms with E-state index in [1.165, 1.54) is 0 Å². The summed E-state index contributed by atoms with van der Waals surface area (Å²) in [7, 11) is 3.11. The lowest BCUT2D eigenvalue weighted by atomic mass is 10.0. The van der Waals surface area contributed by atoms with Gasteiger partial charge < -0.3 is 24.4 Å². The molecule has 0 fully saturated rings. The van der Waals surface area contributed by atoms with Gasteiger partial charge in [0.2, 0.25) is 5.91 Å². The molecule has 0 aliphatic carbocycles. The van der Waals surface area contributed by atoms with Crippen LogP contribution in [0.2, 0.25) is 0 Å². The van der Waals surface area contributed by atoms with E-state index in [2.05, 4.69) is 5.32 Å². The summed E-state index contributed by atoms with van der Waals surface area (Å²) in [6, 6.07) is 22.1. The normalized spacial score (nSPS) is 12.2. The van der Waals surface area contributed by atoms with Gasteiger partial charge in [-0.2, -0.15) is 0 Å². The van der Waals surface area contributed by atoms with Crippen molar-refractivity contribution in [2.24, 2.45) is 0 Å². The van der Waals surface area contributed by atoms with E-state index in [-0.39, 0.29) is 31.0 Å². The molecule has 202 valence electrons. The highest BCUT2D eigenvalue weighted by Gasteiger charge is 2.31. The molecular formula is C31H38N2O5. The first kappa shape index (κ1) is 28.6. The minimum atomic E-state index is -0.719. The molecule has 3 aromatic rings. The standard InChI is InChI=1S/C31H38N2O5/c1-6-23(3)32-31(35)29(16-24-10-8-7-9-11-24)33(20-25-14-12-22(2)13-15-25)30(34)21-38-28-18-26(36-4)17-27(19-28)37-5/h7-15,17-19,23,29H,6,16,20-21H2,1-5H3,(H,32,35)/t23-,29-/m0/s1. The van der Waals surface area contributed by atoms with Gasteiger partial charge in [-0.15, -0.1) is 0 Å². The van der Waals surface area contributed by atoms with Crippen LogP contribution in [0.5, 0.6) is 17.2 Å². The van der Waals surface area contributed by atoms with E-state index in [1.54, 1.807) is 37.3 Å². The number of aryl methyl sites for hydroxylation is 1. The molecule has 0 aliphatic heterocycles. The SMILES string of the molecule is CC[C@H](C)NC(=O)[C@H](Cc1ccccc1)N(Cc1ccc(C)cc1)C(=O)COc1cc(OC)cc(OC)c1. The molecule has 0 bridgehead atoms. The highest BCUT2D eigenvalue weighted by Crippen LogP contribution is 2.27. The van der Waals surface area contributed by atoms with Gasteiger partial charge in [-0.05, 0) is 31.4 Å². The predicted octanol–water partition coefficient (Wildman–Crippen LogP) is 4.95. The zero-order chi connectivity index (χ0) is 27.5. The van der Waals surface area contributed by atoms with Crippen molar-refractivity contribution >= 4 is 11.8 Å². The van der Waals surface area contributed by atoms with Crippen LogP contribution in [0.3, 0.4) is 0 Å². The molecule has 2 amide bonds. The van der Waals surface area contributed by atoms with Crippen LogP contribution in [-0.4, -0.2) is 49.6 Å². The van der Waals surface area contributed by atoms with Crippen molar-refractivity contribution < 1.29 is 23.8 Å². The average Bonchev–Trinajstić information content (AvgIpc) is 2.94. The Morgan fingerprint density at radius 3 is 2.05 bits per heavy atom. The molecule has 3 rings (SSSR count). The predicted molar refractivity (Wildman–Crippen MR) is 149 cm³/mol. The molecule has 7 nitrogen and oxygen atoms in total. The number of carbonyl (C=O) groups is 2. The van der Waals surface area contributed by atoms with E-state index in [1.807, 2.05) is 75.4 Å². The van der Waals surface area contributed by atoms with Crippen LogP contribution in [0.15, 0.2) is 72.8 Å². The first-order valence-corrected chi connectivity index (χ1v) is 12.9. The largest absolute Gasteiger partial charge is 0.496 e. The lowest BCUT2D eigenvalue weighted by Gasteiger charge is -2.32. The van der Waals surface area contributed by atoms with Gasteiger partial charge in [-0.3, -0.25) is 9.59 Å². The smallest absolute Gasteiger partial charge is 0.261 e. The molecule has 0 aliphatic rings. The third-order valence-corrected chi connectivity index (χ3v) is 6.43. The quantitative estimate of drug-likeness (QED) is 0.347. The topological polar surface area (TPSA) is 77.1 Å². The lowest BCUT2D eigenvalue weighted by Crippen LogP contribution is -2.53. The Kier molecular flexibility index (Phi) is 10.6. The summed E-state index contributed by atoms with van der Waals surface area (Å²) >= 11 is 0. The highest BCUT2D eigenvalue weighted by atomic mass is 16.5. The highest BCUT2D eigenvalue weighted by molar-refractivity contribution is 5.88. The molecule has 1 N–H and O–H groups in total. The third-order valence-electron chi connectivity index (χ3n) is 6.43. The Balaban J connectivity index is 1.92. The van der Waals surface area contributed by atoms with Gasteiger partial charge >= 0.3 is 0 Å². The van der Waals surface area contributed by atoms with E-state index in [0.717, 1.165) is 23.1 Å². The van der Waals surface area contributed by atoms with Crippen molar-refractivity contribution in [3.63, 3.8) is 0 Å². The number of hydrogen-bond acceptors (Lipinski definition) is 5. The maximum Gasteiger partial charge on any atom is 0.261 e. The maximum absolute atomic E-state index is 13.7. The summed E-state index contributed by atoms with van der Waals surface area (Å²) in [5, 5.41) is 3.08. The molecule has 38 heavy (non-hydrogen) atoms. The monoisotopic (exact) mass is 518 g/mol. The molecule has 0 spiro atoms. The number of amides is 2. The van der Waals surface area contributed by atoms with Crippen LogP contribution in [0.25, 0.3) is 0 Å². The van der Waals surface area contributed by atoms with Crippen molar-refractivity contribution in [3.05, 3.63) is 89.5 Å². The first-order valence-electron chi connectivity index (χ1n) is 12.9. The Labute approximate surface area is 225 Å². The molecule has 0 heterocycles. The minimum absolute atomic E-state index is 0.0161. The second-order valence-corrected chi connectivity index (χ2v) is 9.37. The lowest BCUT2D eigenvalue weighted by molar-refractivity contribution is -0.143. The van der Waals surface area contributed by atoms with E-state index in [9.17, 15) is 9.59 Å². The summed E-state index contributed by atoms with van der Waals surface area (Å²) in [5.74, 6) is 1.06. The van der Waals surface area contributed by atoms with Crippen molar-refractivity contribution in [2.75, 3.05) is 20.8 Å². The third kappa shape index (κ3) is 8.26. The zero-order valence-corrected chi connectivity index (χ0v) is 22.9. The molecular weight excluding hydrogens is 480 g/mol. The summed E-state index contributed by atoms with van der Waals surface area (Å²) < 4.78 is 16.5. The first-order chi connectivity index (χ1) is 18.3. The second-order valence-electron chi connectivity index (χ2n) is 9.37.